The van der Waals surface area contributed by atoms with Gasteiger partial charge in [-0.25, -0.2) is 0 Å². The van der Waals surface area contributed by atoms with Crippen molar-refractivity contribution in [1.82, 2.24) is 0 Å². The molecule has 1 heterocycles. The second-order valence-electron chi connectivity index (χ2n) is 3.94. The highest BCUT2D eigenvalue weighted by Crippen LogP contribution is 2.27. The van der Waals surface area contributed by atoms with E-state index in [9.17, 15) is 0 Å². The van der Waals surface area contributed by atoms with Crippen molar-refractivity contribution in [2.24, 2.45) is 0 Å². The molecule has 0 bridgehead atoms. The average Bonchev–Trinajstić information content (AvgIpc) is 2.54. The van der Waals surface area contributed by atoms with Gasteiger partial charge < -0.3 is 9.47 Å². The standard InChI is InChI=1S/C10H17ClO2/c11-9-6-7-12-10(9)13-8-4-2-1-3-5-8/h8-10H,1-7H2/t9-,10+/m0/s1. The van der Waals surface area contributed by atoms with Gasteiger partial charge in [-0.3, -0.25) is 0 Å². The summed E-state index contributed by atoms with van der Waals surface area (Å²) in [5, 5.41) is 0.0712. The SMILES string of the molecule is Cl[C@H]1CCO[C@@H]1OC1CCCCC1. The van der Waals surface area contributed by atoms with Crippen LogP contribution in [0.15, 0.2) is 0 Å². The molecule has 2 aliphatic rings. The predicted octanol–water partition coefficient (Wildman–Crippen LogP) is 2.69. The summed E-state index contributed by atoms with van der Waals surface area (Å²) >= 11 is 6.05. The van der Waals surface area contributed by atoms with Crippen molar-refractivity contribution in [1.29, 1.82) is 0 Å². The Balaban J connectivity index is 1.75. The van der Waals surface area contributed by atoms with Crippen molar-refractivity contribution < 1.29 is 9.47 Å². The number of alkyl halides is 1. The lowest BCUT2D eigenvalue weighted by molar-refractivity contribution is -0.149. The maximum Gasteiger partial charge on any atom is 0.174 e. The predicted molar refractivity (Wildman–Crippen MR) is 52.0 cm³/mol. The zero-order valence-electron chi connectivity index (χ0n) is 7.88. The normalized spacial score (nSPS) is 36.7. The van der Waals surface area contributed by atoms with Gasteiger partial charge in [-0.1, -0.05) is 19.3 Å². The molecule has 2 atom stereocenters. The van der Waals surface area contributed by atoms with Crippen molar-refractivity contribution in [3.05, 3.63) is 0 Å². The maximum atomic E-state index is 6.05. The monoisotopic (exact) mass is 204 g/mol. The average molecular weight is 205 g/mol. The van der Waals surface area contributed by atoms with E-state index in [1.807, 2.05) is 0 Å². The Kier molecular flexibility index (Phi) is 3.47. The van der Waals surface area contributed by atoms with Crippen LogP contribution < -0.4 is 0 Å². The quantitative estimate of drug-likeness (QED) is 0.644. The van der Waals surface area contributed by atoms with Crippen LogP contribution in [0.3, 0.4) is 0 Å². The molecule has 0 amide bonds. The van der Waals surface area contributed by atoms with Crippen LogP contribution in [-0.4, -0.2) is 24.4 Å². The summed E-state index contributed by atoms with van der Waals surface area (Å²) in [5.41, 5.74) is 0. The van der Waals surface area contributed by atoms with Gasteiger partial charge in [0.1, 0.15) is 0 Å². The molecule has 13 heavy (non-hydrogen) atoms. The zero-order chi connectivity index (χ0) is 9.10. The fourth-order valence-corrected chi connectivity index (χ4v) is 2.27. The number of rotatable bonds is 2. The van der Waals surface area contributed by atoms with Gasteiger partial charge >= 0.3 is 0 Å². The molecular formula is C10H17ClO2. The van der Waals surface area contributed by atoms with Crippen molar-refractivity contribution in [2.45, 2.75) is 56.3 Å². The van der Waals surface area contributed by atoms with Gasteiger partial charge in [-0.2, -0.15) is 0 Å². The van der Waals surface area contributed by atoms with Gasteiger partial charge in [0.15, 0.2) is 6.29 Å². The summed E-state index contributed by atoms with van der Waals surface area (Å²) in [4.78, 5) is 0. The van der Waals surface area contributed by atoms with Crippen LogP contribution >= 0.6 is 11.6 Å². The van der Waals surface area contributed by atoms with Gasteiger partial charge in [0, 0.05) is 0 Å². The molecule has 1 aliphatic heterocycles. The van der Waals surface area contributed by atoms with Crippen molar-refractivity contribution >= 4 is 11.6 Å². The number of ether oxygens (including phenoxy) is 2. The van der Waals surface area contributed by atoms with E-state index in [0.717, 1.165) is 13.0 Å². The highest BCUT2D eigenvalue weighted by atomic mass is 35.5. The molecule has 0 radical (unpaired) electrons. The third-order valence-corrected chi connectivity index (χ3v) is 3.27. The summed E-state index contributed by atoms with van der Waals surface area (Å²) in [7, 11) is 0. The highest BCUT2D eigenvalue weighted by molar-refractivity contribution is 6.21. The Labute approximate surface area is 84.5 Å². The van der Waals surface area contributed by atoms with Crippen LogP contribution in [0, 0.1) is 0 Å². The Morgan fingerprint density at radius 3 is 2.46 bits per heavy atom. The highest BCUT2D eigenvalue weighted by Gasteiger charge is 2.29. The minimum absolute atomic E-state index is 0.0712. The van der Waals surface area contributed by atoms with Gasteiger partial charge in [0.05, 0.1) is 18.1 Å². The lowest BCUT2D eigenvalue weighted by Gasteiger charge is -2.26. The number of hydrogen-bond donors (Lipinski definition) is 0. The molecule has 0 aromatic rings. The van der Waals surface area contributed by atoms with Crippen molar-refractivity contribution in [2.75, 3.05) is 6.61 Å². The first-order chi connectivity index (χ1) is 6.36. The molecule has 1 saturated carbocycles. The molecular weight excluding hydrogens is 188 g/mol. The topological polar surface area (TPSA) is 18.5 Å². The van der Waals surface area contributed by atoms with Gasteiger partial charge in [0.25, 0.3) is 0 Å². The van der Waals surface area contributed by atoms with Crippen LogP contribution in [0.2, 0.25) is 0 Å². The van der Waals surface area contributed by atoms with Crippen LogP contribution in [0.1, 0.15) is 38.5 Å². The summed E-state index contributed by atoms with van der Waals surface area (Å²) in [5.74, 6) is 0. The van der Waals surface area contributed by atoms with E-state index in [0.29, 0.717) is 6.10 Å². The van der Waals surface area contributed by atoms with Crippen LogP contribution in [-0.2, 0) is 9.47 Å². The molecule has 2 rings (SSSR count). The van der Waals surface area contributed by atoms with E-state index in [1.54, 1.807) is 0 Å². The van der Waals surface area contributed by atoms with Crippen LogP contribution in [0.5, 0.6) is 0 Å². The first-order valence-corrected chi connectivity index (χ1v) is 5.71. The van der Waals surface area contributed by atoms with E-state index >= 15 is 0 Å². The summed E-state index contributed by atoms with van der Waals surface area (Å²) in [6.45, 7) is 0.756. The molecule has 0 unspecified atom stereocenters. The second kappa shape index (κ2) is 4.63. The van der Waals surface area contributed by atoms with Gasteiger partial charge in [0.2, 0.25) is 0 Å². The third-order valence-electron chi connectivity index (χ3n) is 2.85. The summed E-state index contributed by atoms with van der Waals surface area (Å²) < 4.78 is 11.2. The Morgan fingerprint density at radius 2 is 1.85 bits per heavy atom. The van der Waals surface area contributed by atoms with Gasteiger partial charge in [-0.05, 0) is 19.3 Å². The molecule has 2 fully saturated rings. The molecule has 2 nitrogen and oxygen atoms in total. The molecule has 0 aromatic heterocycles. The van der Waals surface area contributed by atoms with E-state index in [4.69, 9.17) is 21.1 Å². The minimum atomic E-state index is -0.134. The lowest BCUT2D eigenvalue weighted by atomic mass is 9.98. The first-order valence-electron chi connectivity index (χ1n) is 5.27. The molecule has 3 heteroatoms. The molecule has 76 valence electrons. The van der Waals surface area contributed by atoms with Crippen molar-refractivity contribution in [3.63, 3.8) is 0 Å². The van der Waals surface area contributed by atoms with E-state index in [1.165, 1.54) is 32.1 Å². The summed E-state index contributed by atoms with van der Waals surface area (Å²) in [6, 6.07) is 0. The summed E-state index contributed by atoms with van der Waals surface area (Å²) in [6.07, 6.45) is 7.51. The van der Waals surface area contributed by atoms with E-state index < -0.39 is 0 Å². The smallest absolute Gasteiger partial charge is 0.174 e. The van der Waals surface area contributed by atoms with Gasteiger partial charge in [-0.15, -0.1) is 11.6 Å². The second-order valence-corrected chi connectivity index (χ2v) is 4.50. The fourth-order valence-electron chi connectivity index (χ4n) is 2.05. The molecule has 1 aliphatic carbocycles. The van der Waals surface area contributed by atoms with Crippen LogP contribution in [0.25, 0.3) is 0 Å². The molecule has 0 aromatic carbocycles. The fraction of sp³-hybridized carbons (Fsp3) is 1.00. The molecule has 0 spiro atoms. The number of hydrogen-bond acceptors (Lipinski definition) is 2. The van der Waals surface area contributed by atoms with Crippen LogP contribution in [0.4, 0.5) is 0 Å². The zero-order valence-corrected chi connectivity index (χ0v) is 8.63. The Morgan fingerprint density at radius 1 is 1.08 bits per heavy atom. The minimum Gasteiger partial charge on any atom is -0.351 e. The van der Waals surface area contributed by atoms with Crippen molar-refractivity contribution in [3.8, 4) is 0 Å². The van der Waals surface area contributed by atoms with E-state index in [2.05, 4.69) is 0 Å². The molecule has 0 N–H and O–H groups in total. The molecule has 1 saturated heterocycles. The Hall–Kier alpha value is 0.210. The first kappa shape index (κ1) is 9.75. The Bertz CT molecular complexity index is 157. The lowest BCUT2D eigenvalue weighted by Crippen LogP contribution is -2.28. The third kappa shape index (κ3) is 2.58. The number of halogens is 1. The van der Waals surface area contributed by atoms with E-state index in [-0.39, 0.29) is 11.7 Å². The maximum absolute atomic E-state index is 6.05. The largest absolute Gasteiger partial charge is 0.351 e.